The maximum atomic E-state index is 13.2. The van der Waals surface area contributed by atoms with Crippen molar-refractivity contribution in [3.8, 4) is 0 Å². The van der Waals surface area contributed by atoms with E-state index in [-0.39, 0.29) is 42.1 Å². The van der Waals surface area contributed by atoms with Gasteiger partial charge in [-0.15, -0.1) is 0 Å². The molecule has 0 atom stereocenters. The fraction of sp³-hybridized carbons (Fsp3) is 0.273. The quantitative estimate of drug-likeness (QED) is 0.515. The number of nitrogens with one attached hydrogen (secondary N) is 1. The Kier molecular flexibility index (Phi) is 6.89. The molecule has 0 amide bonds. The second-order valence-electron chi connectivity index (χ2n) is 7.15. The average molecular weight is 445 g/mol. The lowest BCUT2D eigenvalue weighted by Crippen LogP contribution is -2.34. The van der Waals surface area contributed by atoms with Gasteiger partial charge in [-0.25, -0.2) is 13.2 Å². The molecule has 8 nitrogen and oxygen atoms in total. The van der Waals surface area contributed by atoms with Gasteiger partial charge in [0.2, 0.25) is 10.0 Å². The van der Waals surface area contributed by atoms with Crippen molar-refractivity contribution in [3.63, 3.8) is 0 Å². The molecule has 0 aliphatic heterocycles. The number of H-pyrrole nitrogens is 1. The molecule has 0 saturated heterocycles. The number of esters is 1. The van der Waals surface area contributed by atoms with Crippen LogP contribution >= 0.6 is 0 Å². The van der Waals surface area contributed by atoms with Gasteiger partial charge in [0.1, 0.15) is 0 Å². The summed E-state index contributed by atoms with van der Waals surface area (Å²) in [6.07, 6.45) is 0.212. The third-order valence-corrected chi connectivity index (χ3v) is 6.76. The molecule has 2 N–H and O–H groups in total. The second-order valence-corrected chi connectivity index (χ2v) is 9.08. The van der Waals surface area contributed by atoms with Gasteiger partial charge in [-0.2, -0.15) is 4.31 Å². The Morgan fingerprint density at radius 2 is 1.84 bits per heavy atom. The number of aliphatic hydroxyl groups excluding tert-OH is 1. The number of carbonyl (C=O) groups is 1. The first-order valence-corrected chi connectivity index (χ1v) is 11.1. The summed E-state index contributed by atoms with van der Waals surface area (Å²) in [6, 6.07) is 12.7. The molecule has 9 heteroatoms. The molecule has 0 spiro atoms. The van der Waals surface area contributed by atoms with E-state index in [9.17, 15) is 23.1 Å². The topological polar surface area (TPSA) is 117 Å². The van der Waals surface area contributed by atoms with Gasteiger partial charge in [-0.1, -0.05) is 12.1 Å². The number of aryl methyl sites for hydroxylation is 1. The fourth-order valence-electron chi connectivity index (χ4n) is 3.23. The Morgan fingerprint density at radius 1 is 1.13 bits per heavy atom. The zero-order valence-corrected chi connectivity index (χ0v) is 18.1. The van der Waals surface area contributed by atoms with Gasteiger partial charge in [-0.05, 0) is 60.7 Å². The van der Waals surface area contributed by atoms with Crippen LogP contribution in [-0.2, 0) is 21.3 Å². The Balaban J connectivity index is 1.97. The van der Waals surface area contributed by atoms with Crippen molar-refractivity contribution in [1.29, 1.82) is 0 Å². The van der Waals surface area contributed by atoms with Crippen LogP contribution in [0.1, 0.15) is 27.9 Å². The molecule has 164 valence electrons. The van der Waals surface area contributed by atoms with Crippen molar-refractivity contribution >= 4 is 26.9 Å². The molecule has 2 aromatic carbocycles. The summed E-state index contributed by atoms with van der Waals surface area (Å²) in [7, 11) is -2.74. The lowest BCUT2D eigenvalue weighted by molar-refractivity contribution is 0.0600. The normalized spacial score (nSPS) is 11.7. The molecule has 0 aliphatic carbocycles. The van der Waals surface area contributed by atoms with E-state index in [1.165, 1.54) is 31.4 Å². The Hall–Kier alpha value is -3.01. The van der Waals surface area contributed by atoms with Crippen LogP contribution in [-0.4, -0.2) is 49.0 Å². The van der Waals surface area contributed by atoms with Gasteiger partial charge < -0.3 is 14.8 Å². The maximum Gasteiger partial charge on any atom is 0.337 e. The average Bonchev–Trinajstić information content (AvgIpc) is 2.76. The van der Waals surface area contributed by atoms with Crippen LogP contribution in [0.5, 0.6) is 0 Å². The summed E-state index contributed by atoms with van der Waals surface area (Å²) in [5.41, 5.74) is 1.83. The minimum atomic E-state index is -3.98. The standard InChI is InChI=1S/C22H24N2O6S/c1-15-4-5-17-13-18(21(26)23-20(17)12-15)14-24(10-3-11-25)31(28,29)19-8-6-16(7-9-19)22(27)30-2/h4-9,12-13,25H,3,10-11,14H2,1-2H3,(H,23,26). The number of aromatic amines is 1. The number of aliphatic hydroxyl groups is 1. The van der Waals surface area contributed by atoms with Gasteiger partial charge in [0.05, 0.1) is 17.6 Å². The Bertz CT molecular complexity index is 1250. The highest BCUT2D eigenvalue weighted by atomic mass is 32.2. The van der Waals surface area contributed by atoms with Crippen LogP contribution < -0.4 is 5.56 Å². The van der Waals surface area contributed by atoms with Gasteiger partial charge in [0, 0.05) is 30.8 Å². The minimum absolute atomic E-state index is 0.0223. The number of methoxy groups -OCH3 is 1. The highest BCUT2D eigenvalue weighted by Crippen LogP contribution is 2.20. The highest BCUT2D eigenvalue weighted by Gasteiger charge is 2.25. The van der Waals surface area contributed by atoms with Crippen LogP contribution in [0.15, 0.2) is 58.2 Å². The number of sulfonamides is 1. The van der Waals surface area contributed by atoms with Crippen LogP contribution in [0.25, 0.3) is 10.9 Å². The first kappa shape index (κ1) is 22.7. The van der Waals surface area contributed by atoms with Gasteiger partial charge in [-0.3, -0.25) is 4.79 Å². The first-order valence-electron chi connectivity index (χ1n) is 9.68. The van der Waals surface area contributed by atoms with Crippen molar-refractivity contribution in [2.24, 2.45) is 0 Å². The fourth-order valence-corrected chi connectivity index (χ4v) is 4.69. The summed E-state index contributed by atoms with van der Waals surface area (Å²) in [4.78, 5) is 27.0. The molecular weight excluding hydrogens is 420 g/mol. The van der Waals surface area contributed by atoms with E-state index in [0.717, 1.165) is 15.3 Å². The lowest BCUT2D eigenvalue weighted by atomic mass is 10.1. The summed E-state index contributed by atoms with van der Waals surface area (Å²) in [6.45, 7) is 1.60. The summed E-state index contributed by atoms with van der Waals surface area (Å²) >= 11 is 0. The number of hydrogen-bond donors (Lipinski definition) is 2. The number of hydrogen-bond acceptors (Lipinski definition) is 6. The van der Waals surface area contributed by atoms with E-state index < -0.39 is 16.0 Å². The Labute approximate surface area is 180 Å². The number of aromatic nitrogens is 1. The second kappa shape index (κ2) is 9.42. The molecule has 1 heterocycles. The van der Waals surface area contributed by atoms with E-state index >= 15 is 0 Å². The van der Waals surface area contributed by atoms with E-state index in [4.69, 9.17) is 0 Å². The molecule has 0 fully saturated rings. The van der Waals surface area contributed by atoms with Gasteiger partial charge in [0.25, 0.3) is 5.56 Å². The first-order chi connectivity index (χ1) is 14.8. The van der Waals surface area contributed by atoms with E-state index in [1.54, 1.807) is 6.07 Å². The largest absolute Gasteiger partial charge is 0.465 e. The monoisotopic (exact) mass is 444 g/mol. The number of ether oxygens (including phenoxy) is 1. The van der Waals surface area contributed by atoms with Crippen molar-refractivity contribution in [2.45, 2.75) is 24.8 Å². The SMILES string of the molecule is COC(=O)c1ccc(S(=O)(=O)N(CCCO)Cc2cc3ccc(C)cc3[nH]c2=O)cc1. The van der Waals surface area contributed by atoms with Crippen LogP contribution in [0.4, 0.5) is 0 Å². The number of pyridine rings is 1. The molecule has 0 bridgehead atoms. The molecule has 31 heavy (non-hydrogen) atoms. The van der Waals surface area contributed by atoms with E-state index in [2.05, 4.69) is 9.72 Å². The van der Waals surface area contributed by atoms with Crippen molar-refractivity contribution in [2.75, 3.05) is 20.3 Å². The predicted octanol–water partition coefficient (Wildman–Crippen LogP) is 2.20. The molecule has 0 unspecified atom stereocenters. The predicted molar refractivity (Wildman–Crippen MR) is 116 cm³/mol. The number of rotatable bonds is 8. The molecule has 0 radical (unpaired) electrons. The number of fused-ring (bicyclic) bond motifs is 1. The van der Waals surface area contributed by atoms with Crippen LogP contribution in [0.3, 0.4) is 0 Å². The summed E-state index contributed by atoms with van der Waals surface area (Å²) in [5.74, 6) is -0.570. The van der Waals surface area contributed by atoms with E-state index in [1.807, 2.05) is 25.1 Å². The van der Waals surface area contributed by atoms with Crippen LogP contribution in [0.2, 0.25) is 0 Å². The molecular formula is C22H24N2O6S. The number of nitrogens with zero attached hydrogens (tertiary/aromatic N) is 1. The lowest BCUT2D eigenvalue weighted by Gasteiger charge is -2.22. The molecule has 3 aromatic rings. The van der Waals surface area contributed by atoms with Crippen molar-refractivity contribution in [1.82, 2.24) is 9.29 Å². The number of carbonyl (C=O) groups excluding carboxylic acids is 1. The Morgan fingerprint density at radius 3 is 2.48 bits per heavy atom. The summed E-state index contributed by atoms with van der Waals surface area (Å²) < 4.78 is 32.2. The molecule has 0 saturated carbocycles. The van der Waals surface area contributed by atoms with Gasteiger partial charge in [0.15, 0.2) is 0 Å². The van der Waals surface area contributed by atoms with Gasteiger partial charge >= 0.3 is 5.97 Å². The van der Waals surface area contributed by atoms with Crippen molar-refractivity contribution < 1.29 is 23.1 Å². The third-order valence-electron chi connectivity index (χ3n) is 4.90. The summed E-state index contributed by atoms with van der Waals surface area (Å²) in [5, 5.41) is 10.0. The highest BCUT2D eigenvalue weighted by molar-refractivity contribution is 7.89. The smallest absolute Gasteiger partial charge is 0.337 e. The van der Waals surface area contributed by atoms with Crippen molar-refractivity contribution in [3.05, 3.63) is 75.6 Å². The third kappa shape index (κ3) is 5.01. The molecule has 0 aliphatic rings. The zero-order chi connectivity index (χ0) is 22.6. The van der Waals surface area contributed by atoms with E-state index in [0.29, 0.717) is 11.1 Å². The molecule has 1 aromatic heterocycles. The number of benzene rings is 2. The zero-order valence-electron chi connectivity index (χ0n) is 17.3. The minimum Gasteiger partial charge on any atom is -0.465 e. The maximum absolute atomic E-state index is 13.2. The molecule has 3 rings (SSSR count). The van der Waals surface area contributed by atoms with Crippen LogP contribution in [0, 0.1) is 6.92 Å².